The predicted molar refractivity (Wildman–Crippen MR) is 76.7 cm³/mol. The Morgan fingerprint density at radius 2 is 2.05 bits per heavy atom. The minimum Gasteiger partial charge on any atom is -0.381 e. The number of amides is 1. The van der Waals surface area contributed by atoms with E-state index >= 15 is 0 Å². The van der Waals surface area contributed by atoms with Gasteiger partial charge in [-0.25, -0.2) is 9.37 Å². The van der Waals surface area contributed by atoms with Gasteiger partial charge in [-0.1, -0.05) is 13.8 Å². The molecule has 2 rings (SSSR count). The van der Waals surface area contributed by atoms with Crippen molar-refractivity contribution in [3.05, 3.63) is 23.6 Å². The van der Waals surface area contributed by atoms with Crippen molar-refractivity contribution in [3.8, 4) is 0 Å². The lowest BCUT2D eigenvalue weighted by Crippen LogP contribution is -2.41. The Labute approximate surface area is 119 Å². The molecule has 1 amide bonds. The van der Waals surface area contributed by atoms with Gasteiger partial charge in [0.2, 0.25) is 0 Å². The third kappa shape index (κ3) is 2.92. The van der Waals surface area contributed by atoms with Gasteiger partial charge < -0.3 is 10.6 Å². The lowest BCUT2D eigenvalue weighted by atomic mass is 9.75. The SMILES string of the molecule is CN(C(=O)c1ccnc(N)c1F)C1CCC(C)(C)CC1. The van der Waals surface area contributed by atoms with Gasteiger partial charge in [-0.2, -0.15) is 0 Å². The number of nitrogens with zero attached hydrogens (tertiary/aromatic N) is 2. The summed E-state index contributed by atoms with van der Waals surface area (Å²) in [5.74, 6) is -1.27. The number of carbonyl (C=O) groups is 1. The van der Waals surface area contributed by atoms with Crippen LogP contribution in [-0.4, -0.2) is 28.9 Å². The molecule has 0 saturated heterocycles. The molecule has 20 heavy (non-hydrogen) atoms. The quantitative estimate of drug-likeness (QED) is 0.905. The molecule has 0 aliphatic heterocycles. The molecule has 1 aliphatic carbocycles. The van der Waals surface area contributed by atoms with E-state index < -0.39 is 5.82 Å². The first kappa shape index (κ1) is 14.8. The zero-order valence-corrected chi connectivity index (χ0v) is 12.3. The molecule has 0 aromatic carbocycles. The normalized spacial score (nSPS) is 18.8. The Bertz CT molecular complexity index is 506. The number of nitrogens with two attached hydrogens (primary N) is 1. The number of anilines is 1. The smallest absolute Gasteiger partial charge is 0.257 e. The van der Waals surface area contributed by atoms with E-state index in [2.05, 4.69) is 18.8 Å². The van der Waals surface area contributed by atoms with Gasteiger partial charge in [0.05, 0.1) is 5.56 Å². The molecule has 0 spiro atoms. The number of aromatic nitrogens is 1. The second kappa shape index (κ2) is 5.38. The molecule has 1 aliphatic rings. The fourth-order valence-corrected chi connectivity index (χ4v) is 2.75. The average Bonchev–Trinajstić information content (AvgIpc) is 2.40. The molecule has 110 valence electrons. The molecular weight excluding hydrogens is 257 g/mol. The van der Waals surface area contributed by atoms with Gasteiger partial charge in [-0.3, -0.25) is 4.79 Å². The Balaban J connectivity index is 2.11. The fourth-order valence-electron chi connectivity index (χ4n) is 2.75. The van der Waals surface area contributed by atoms with E-state index in [0.717, 1.165) is 25.7 Å². The summed E-state index contributed by atoms with van der Waals surface area (Å²) in [7, 11) is 1.74. The molecule has 0 unspecified atom stereocenters. The predicted octanol–water partition coefficient (Wildman–Crippen LogP) is 2.84. The molecule has 1 heterocycles. The summed E-state index contributed by atoms with van der Waals surface area (Å²) in [6, 6.07) is 1.56. The summed E-state index contributed by atoms with van der Waals surface area (Å²) in [5, 5.41) is 0. The molecule has 1 aromatic heterocycles. The van der Waals surface area contributed by atoms with E-state index in [1.165, 1.54) is 12.3 Å². The number of nitrogen functional groups attached to an aromatic ring is 1. The first-order valence-corrected chi connectivity index (χ1v) is 6.99. The van der Waals surface area contributed by atoms with Gasteiger partial charge in [-0.15, -0.1) is 0 Å². The molecule has 0 atom stereocenters. The third-order valence-electron chi connectivity index (χ3n) is 4.32. The van der Waals surface area contributed by atoms with Gasteiger partial charge in [0.25, 0.3) is 5.91 Å². The highest BCUT2D eigenvalue weighted by molar-refractivity contribution is 5.95. The largest absolute Gasteiger partial charge is 0.381 e. The molecule has 0 radical (unpaired) electrons. The van der Waals surface area contributed by atoms with Crippen molar-refractivity contribution in [2.75, 3.05) is 12.8 Å². The van der Waals surface area contributed by atoms with Crippen molar-refractivity contribution in [2.45, 2.75) is 45.6 Å². The maximum absolute atomic E-state index is 13.9. The van der Waals surface area contributed by atoms with Crippen LogP contribution in [0.3, 0.4) is 0 Å². The minimum atomic E-state index is -0.722. The molecule has 1 aromatic rings. The van der Waals surface area contributed by atoms with Gasteiger partial charge in [0.1, 0.15) is 0 Å². The Morgan fingerprint density at radius 3 is 2.65 bits per heavy atom. The molecule has 2 N–H and O–H groups in total. The standard InChI is InChI=1S/C15H22FN3O/c1-15(2)7-4-10(5-8-15)19(3)14(20)11-6-9-18-13(17)12(11)16/h6,9-10H,4-5,7-8H2,1-3H3,(H2,17,18). The van der Waals surface area contributed by atoms with E-state index in [4.69, 9.17) is 5.73 Å². The number of carbonyl (C=O) groups excluding carboxylic acids is 1. The van der Waals surface area contributed by atoms with Crippen molar-refractivity contribution in [1.82, 2.24) is 9.88 Å². The Kier molecular flexibility index (Phi) is 3.97. The first-order valence-electron chi connectivity index (χ1n) is 6.99. The van der Waals surface area contributed by atoms with Crippen LogP contribution in [0.4, 0.5) is 10.2 Å². The van der Waals surface area contributed by atoms with Crippen LogP contribution in [-0.2, 0) is 0 Å². The summed E-state index contributed by atoms with van der Waals surface area (Å²) in [4.78, 5) is 17.7. The van der Waals surface area contributed by atoms with E-state index in [9.17, 15) is 9.18 Å². The van der Waals surface area contributed by atoms with Crippen LogP contribution in [0.15, 0.2) is 12.3 Å². The van der Waals surface area contributed by atoms with Crippen molar-refractivity contribution >= 4 is 11.7 Å². The third-order valence-corrected chi connectivity index (χ3v) is 4.32. The highest BCUT2D eigenvalue weighted by atomic mass is 19.1. The van der Waals surface area contributed by atoms with Crippen LogP contribution < -0.4 is 5.73 Å². The van der Waals surface area contributed by atoms with Crippen LogP contribution in [0.5, 0.6) is 0 Å². The van der Waals surface area contributed by atoms with Crippen LogP contribution in [0.2, 0.25) is 0 Å². The average molecular weight is 279 g/mol. The zero-order valence-electron chi connectivity index (χ0n) is 12.3. The zero-order chi connectivity index (χ0) is 14.9. The summed E-state index contributed by atoms with van der Waals surface area (Å²) in [6.07, 6.45) is 5.44. The van der Waals surface area contributed by atoms with Crippen LogP contribution >= 0.6 is 0 Å². The monoisotopic (exact) mass is 279 g/mol. The molecule has 0 bridgehead atoms. The lowest BCUT2D eigenvalue weighted by molar-refractivity contribution is 0.0631. The van der Waals surface area contributed by atoms with E-state index in [-0.39, 0.29) is 23.3 Å². The maximum Gasteiger partial charge on any atom is 0.257 e. The van der Waals surface area contributed by atoms with Gasteiger partial charge >= 0.3 is 0 Å². The second-order valence-corrected chi connectivity index (χ2v) is 6.37. The Morgan fingerprint density at radius 1 is 1.45 bits per heavy atom. The van der Waals surface area contributed by atoms with Crippen molar-refractivity contribution in [3.63, 3.8) is 0 Å². The fraction of sp³-hybridized carbons (Fsp3) is 0.600. The van der Waals surface area contributed by atoms with E-state index in [0.29, 0.717) is 5.41 Å². The van der Waals surface area contributed by atoms with Crippen LogP contribution in [0, 0.1) is 11.2 Å². The van der Waals surface area contributed by atoms with E-state index in [1.807, 2.05) is 0 Å². The number of pyridine rings is 1. The second-order valence-electron chi connectivity index (χ2n) is 6.37. The highest BCUT2D eigenvalue weighted by Gasteiger charge is 2.31. The molecular formula is C15H22FN3O. The first-order chi connectivity index (χ1) is 9.32. The summed E-state index contributed by atoms with van der Waals surface area (Å²) >= 11 is 0. The van der Waals surface area contributed by atoms with Crippen LogP contribution in [0.25, 0.3) is 0 Å². The molecule has 1 saturated carbocycles. The number of halogens is 1. The van der Waals surface area contributed by atoms with Crippen LogP contribution in [0.1, 0.15) is 49.9 Å². The number of hydrogen-bond donors (Lipinski definition) is 1. The summed E-state index contributed by atoms with van der Waals surface area (Å²) < 4.78 is 13.9. The summed E-state index contributed by atoms with van der Waals surface area (Å²) in [6.45, 7) is 4.49. The summed E-state index contributed by atoms with van der Waals surface area (Å²) in [5.41, 5.74) is 5.76. The van der Waals surface area contributed by atoms with E-state index in [1.54, 1.807) is 11.9 Å². The number of rotatable bonds is 2. The van der Waals surface area contributed by atoms with Gasteiger partial charge in [0, 0.05) is 19.3 Å². The van der Waals surface area contributed by atoms with Crippen molar-refractivity contribution < 1.29 is 9.18 Å². The highest BCUT2D eigenvalue weighted by Crippen LogP contribution is 2.36. The molecule has 1 fully saturated rings. The van der Waals surface area contributed by atoms with Crippen molar-refractivity contribution in [2.24, 2.45) is 5.41 Å². The maximum atomic E-state index is 13.9. The van der Waals surface area contributed by atoms with Gasteiger partial charge in [0.15, 0.2) is 11.6 Å². The topological polar surface area (TPSA) is 59.2 Å². The van der Waals surface area contributed by atoms with Crippen molar-refractivity contribution in [1.29, 1.82) is 0 Å². The molecule has 4 nitrogen and oxygen atoms in total. The minimum absolute atomic E-state index is 0.00448. The van der Waals surface area contributed by atoms with Gasteiger partial charge in [-0.05, 0) is 37.2 Å². The lowest BCUT2D eigenvalue weighted by Gasteiger charge is -2.38. The number of hydrogen-bond acceptors (Lipinski definition) is 3. The Hall–Kier alpha value is -1.65. The molecule has 5 heteroatoms.